The number of hydrogen-bond acceptors (Lipinski definition) is 6. The van der Waals surface area contributed by atoms with E-state index in [1.165, 1.54) is 12.3 Å². The van der Waals surface area contributed by atoms with E-state index in [0.717, 1.165) is 0 Å². The van der Waals surface area contributed by atoms with Gasteiger partial charge in [-0.3, -0.25) is 14.6 Å². The number of amides is 2. The maximum atomic E-state index is 12.5. The minimum absolute atomic E-state index is 0.132. The zero-order valence-corrected chi connectivity index (χ0v) is 13.8. The van der Waals surface area contributed by atoms with E-state index in [1.807, 2.05) is 12.1 Å². The first kappa shape index (κ1) is 16.2. The molecular formula is C18H17N3O5. The maximum Gasteiger partial charge on any atom is 0.267 e. The molecule has 4 rings (SSSR count). The molecule has 1 aromatic carbocycles. The molecule has 2 aromatic rings. The molecule has 2 N–H and O–H groups in total. The van der Waals surface area contributed by atoms with Gasteiger partial charge in [-0.25, -0.2) is 0 Å². The Balaban J connectivity index is 1.32. The molecule has 1 aromatic heterocycles. The monoisotopic (exact) mass is 355 g/mol. The van der Waals surface area contributed by atoms with Crippen LogP contribution in [0.5, 0.6) is 17.2 Å². The number of primary amides is 1. The molecule has 1 saturated heterocycles. The van der Waals surface area contributed by atoms with Crippen molar-refractivity contribution in [2.75, 3.05) is 19.7 Å². The summed E-state index contributed by atoms with van der Waals surface area (Å²) < 4.78 is 17.1. The van der Waals surface area contributed by atoms with Crippen molar-refractivity contribution >= 4 is 11.8 Å². The van der Waals surface area contributed by atoms with E-state index in [2.05, 4.69) is 4.98 Å². The summed E-state index contributed by atoms with van der Waals surface area (Å²) in [4.78, 5) is 29.2. The van der Waals surface area contributed by atoms with Gasteiger partial charge < -0.3 is 24.8 Å². The number of hydrogen-bond donors (Lipinski definition) is 1. The van der Waals surface area contributed by atoms with Crippen LogP contribution < -0.4 is 19.9 Å². The summed E-state index contributed by atoms with van der Waals surface area (Å²) in [6.07, 6.45) is 0.647. The predicted octanol–water partition coefficient (Wildman–Crippen LogP) is 0.610. The van der Waals surface area contributed by atoms with Crippen molar-refractivity contribution in [3.63, 3.8) is 0 Å². The molecule has 0 bridgehead atoms. The number of aromatic nitrogens is 1. The van der Waals surface area contributed by atoms with Crippen LogP contribution in [0.25, 0.3) is 0 Å². The van der Waals surface area contributed by atoms with Gasteiger partial charge in [0, 0.05) is 12.3 Å². The van der Waals surface area contributed by atoms with Gasteiger partial charge in [-0.1, -0.05) is 12.1 Å². The van der Waals surface area contributed by atoms with Crippen LogP contribution in [0, 0.1) is 0 Å². The van der Waals surface area contributed by atoms with Crippen molar-refractivity contribution < 1.29 is 23.8 Å². The van der Waals surface area contributed by atoms with Crippen LogP contribution in [0.1, 0.15) is 10.5 Å². The van der Waals surface area contributed by atoms with Crippen LogP contribution in [-0.2, 0) is 4.79 Å². The molecule has 2 amide bonds. The number of ether oxygens (including phenoxy) is 3. The third-order valence-electron chi connectivity index (χ3n) is 4.23. The second kappa shape index (κ2) is 6.55. The van der Waals surface area contributed by atoms with Crippen LogP contribution in [0.2, 0.25) is 0 Å². The molecule has 2 aliphatic rings. The summed E-state index contributed by atoms with van der Waals surface area (Å²) in [5, 5.41) is 0. The highest BCUT2D eigenvalue weighted by Crippen LogP contribution is 2.31. The Kier molecular flexibility index (Phi) is 4.08. The molecule has 26 heavy (non-hydrogen) atoms. The van der Waals surface area contributed by atoms with Crippen molar-refractivity contribution in [2.24, 2.45) is 5.73 Å². The molecule has 2 aliphatic heterocycles. The fourth-order valence-electron chi connectivity index (χ4n) is 2.85. The standard InChI is InChI=1S/C18H17N3O5/c19-17(22)13-7-11(5-6-20-13)25-12-8-21(9-12)18(23)16-10-24-14-3-1-2-4-15(14)26-16/h1-7,12,16H,8-10H2,(H2,19,22). The minimum Gasteiger partial charge on any atom is -0.487 e. The molecule has 134 valence electrons. The van der Waals surface area contributed by atoms with Crippen LogP contribution in [0.15, 0.2) is 42.6 Å². The number of nitrogens with two attached hydrogens (primary N) is 1. The Morgan fingerprint density at radius 1 is 1.19 bits per heavy atom. The fourth-order valence-corrected chi connectivity index (χ4v) is 2.85. The molecule has 0 saturated carbocycles. The van der Waals surface area contributed by atoms with E-state index in [1.54, 1.807) is 23.1 Å². The first-order chi connectivity index (χ1) is 12.6. The lowest BCUT2D eigenvalue weighted by Crippen LogP contribution is -2.60. The Morgan fingerprint density at radius 3 is 2.73 bits per heavy atom. The van der Waals surface area contributed by atoms with Gasteiger partial charge in [-0.15, -0.1) is 0 Å². The molecule has 8 nitrogen and oxygen atoms in total. The predicted molar refractivity (Wildman–Crippen MR) is 90.1 cm³/mol. The van der Waals surface area contributed by atoms with E-state index in [0.29, 0.717) is 30.3 Å². The Hall–Kier alpha value is -3.29. The number of rotatable bonds is 4. The van der Waals surface area contributed by atoms with Crippen LogP contribution in [0.4, 0.5) is 0 Å². The van der Waals surface area contributed by atoms with Gasteiger partial charge in [0.05, 0.1) is 13.1 Å². The summed E-state index contributed by atoms with van der Waals surface area (Å²) in [5.74, 6) is 0.963. The largest absolute Gasteiger partial charge is 0.487 e. The molecule has 3 heterocycles. The van der Waals surface area contributed by atoms with Gasteiger partial charge in [-0.05, 0) is 18.2 Å². The lowest BCUT2D eigenvalue weighted by Gasteiger charge is -2.41. The second-order valence-corrected chi connectivity index (χ2v) is 6.09. The highest BCUT2D eigenvalue weighted by molar-refractivity contribution is 5.91. The Morgan fingerprint density at radius 2 is 1.96 bits per heavy atom. The number of nitrogens with zero attached hydrogens (tertiary/aromatic N) is 2. The van der Waals surface area contributed by atoms with Gasteiger partial charge >= 0.3 is 0 Å². The van der Waals surface area contributed by atoms with Gasteiger partial charge in [0.2, 0.25) is 6.10 Å². The van der Waals surface area contributed by atoms with Crippen LogP contribution >= 0.6 is 0 Å². The normalized spacial score (nSPS) is 18.8. The number of benzene rings is 1. The lowest BCUT2D eigenvalue weighted by molar-refractivity contribution is -0.150. The number of para-hydroxylation sites is 2. The van der Waals surface area contributed by atoms with E-state index >= 15 is 0 Å². The molecule has 0 spiro atoms. The minimum atomic E-state index is -0.659. The molecular weight excluding hydrogens is 338 g/mol. The molecule has 1 atom stereocenters. The second-order valence-electron chi connectivity index (χ2n) is 6.09. The number of carbonyl (C=O) groups excluding carboxylic acids is 2. The highest BCUT2D eigenvalue weighted by Gasteiger charge is 2.38. The van der Waals surface area contributed by atoms with Crippen molar-refractivity contribution in [3.8, 4) is 17.2 Å². The third kappa shape index (κ3) is 3.13. The van der Waals surface area contributed by atoms with Crippen LogP contribution in [0.3, 0.4) is 0 Å². The topological polar surface area (TPSA) is 104 Å². The van der Waals surface area contributed by atoms with Gasteiger partial charge in [0.15, 0.2) is 11.5 Å². The molecule has 8 heteroatoms. The van der Waals surface area contributed by atoms with E-state index < -0.39 is 12.0 Å². The van der Waals surface area contributed by atoms with E-state index in [4.69, 9.17) is 19.9 Å². The van der Waals surface area contributed by atoms with Crippen LogP contribution in [-0.4, -0.2) is 53.6 Å². The summed E-state index contributed by atoms with van der Waals surface area (Å²) in [7, 11) is 0. The number of pyridine rings is 1. The Labute approximate surface area is 149 Å². The van der Waals surface area contributed by atoms with Gasteiger partial charge in [0.1, 0.15) is 24.2 Å². The third-order valence-corrected chi connectivity index (χ3v) is 4.23. The average Bonchev–Trinajstić information content (AvgIpc) is 2.63. The SMILES string of the molecule is NC(=O)c1cc(OC2CN(C(=O)C3COc4ccccc4O3)C2)ccn1. The first-order valence-electron chi connectivity index (χ1n) is 8.20. The fraction of sp³-hybridized carbons (Fsp3) is 0.278. The summed E-state index contributed by atoms with van der Waals surface area (Å²) in [6, 6.07) is 10.4. The summed E-state index contributed by atoms with van der Waals surface area (Å²) in [5.41, 5.74) is 5.34. The number of likely N-dealkylation sites (tertiary alicyclic amines) is 1. The zero-order valence-electron chi connectivity index (χ0n) is 13.8. The summed E-state index contributed by atoms with van der Waals surface area (Å²) >= 11 is 0. The smallest absolute Gasteiger partial charge is 0.267 e. The van der Waals surface area contributed by atoms with Crippen molar-refractivity contribution in [1.29, 1.82) is 0 Å². The highest BCUT2D eigenvalue weighted by atomic mass is 16.6. The first-order valence-corrected chi connectivity index (χ1v) is 8.20. The Bertz CT molecular complexity index is 850. The lowest BCUT2D eigenvalue weighted by atomic mass is 10.1. The number of carbonyl (C=O) groups is 2. The van der Waals surface area contributed by atoms with Gasteiger partial charge in [0.25, 0.3) is 11.8 Å². The molecule has 1 fully saturated rings. The van der Waals surface area contributed by atoms with E-state index in [9.17, 15) is 9.59 Å². The zero-order chi connectivity index (χ0) is 18.1. The quantitative estimate of drug-likeness (QED) is 0.862. The van der Waals surface area contributed by atoms with Gasteiger partial charge in [-0.2, -0.15) is 0 Å². The maximum absolute atomic E-state index is 12.5. The van der Waals surface area contributed by atoms with E-state index in [-0.39, 0.29) is 24.3 Å². The molecule has 1 unspecified atom stereocenters. The van der Waals surface area contributed by atoms with Crippen molar-refractivity contribution in [1.82, 2.24) is 9.88 Å². The van der Waals surface area contributed by atoms with Crippen molar-refractivity contribution in [3.05, 3.63) is 48.3 Å². The average molecular weight is 355 g/mol. The molecule has 0 radical (unpaired) electrons. The summed E-state index contributed by atoms with van der Waals surface area (Å²) in [6.45, 7) is 1.06. The van der Waals surface area contributed by atoms with Crippen molar-refractivity contribution in [2.45, 2.75) is 12.2 Å². The number of fused-ring (bicyclic) bond motifs is 1. The molecule has 0 aliphatic carbocycles.